The van der Waals surface area contributed by atoms with Gasteiger partial charge in [-0.15, -0.1) is 0 Å². The second-order valence-corrected chi connectivity index (χ2v) is 12.5. The Balaban J connectivity index is 3.24. The fraction of sp³-hybridized carbons (Fsp3) is 0.645. The van der Waals surface area contributed by atoms with Crippen molar-refractivity contribution in [2.75, 3.05) is 19.8 Å². The third-order valence-electron chi connectivity index (χ3n) is 5.93. The Labute approximate surface area is 259 Å². The number of rotatable bonds is 16. The van der Waals surface area contributed by atoms with E-state index in [0.717, 1.165) is 5.56 Å². The minimum atomic E-state index is -1.31. The van der Waals surface area contributed by atoms with Crippen LogP contribution in [-0.4, -0.2) is 78.2 Å². The quantitative estimate of drug-likeness (QED) is 0.156. The van der Waals surface area contributed by atoms with Crippen molar-refractivity contribution in [1.29, 1.82) is 0 Å². The van der Waals surface area contributed by atoms with Gasteiger partial charge in [0.15, 0.2) is 0 Å². The monoisotopic (exact) mass is 623 g/mol. The number of aliphatic carboxylic acids is 1. The molecule has 0 bridgehead atoms. The van der Waals surface area contributed by atoms with Crippen LogP contribution in [0.2, 0.25) is 0 Å². The van der Waals surface area contributed by atoms with Crippen LogP contribution in [0.25, 0.3) is 0 Å². The van der Waals surface area contributed by atoms with Gasteiger partial charge in [-0.3, -0.25) is 9.59 Å². The van der Waals surface area contributed by atoms with Crippen molar-refractivity contribution >= 4 is 30.0 Å². The lowest BCUT2D eigenvalue weighted by atomic mass is 9.86. The molecule has 0 saturated carbocycles. The molecule has 44 heavy (non-hydrogen) atoms. The average Bonchev–Trinajstić information content (AvgIpc) is 2.88. The number of benzene rings is 1. The number of nitrogens with one attached hydrogen (secondary N) is 3. The largest absolute Gasteiger partial charge is 0.480 e. The highest BCUT2D eigenvalue weighted by Crippen LogP contribution is 2.23. The second-order valence-electron chi connectivity index (χ2n) is 12.5. The van der Waals surface area contributed by atoms with Gasteiger partial charge in [0.25, 0.3) is 0 Å². The van der Waals surface area contributed by atoms with Crippen molar-refractivity contribution in [1.82, 2.24) is 16.0 Å². The van der Waals surface area contributed by atoms with Crippen LogP contribution in [0.1, 0.15) is 73.8 Å². The number of carboxylic acids is 1. The van der Waals surface area contributed by atoms with Gasteiger partial charge in [0.1, 0.15) is 23.8 Å². The van der Waals surface area contributed by atoms with Gasteiger partial charge < -0.3 is 40.0 Å². The van der Waals surface area contributed by atoms with E-state index in [-0.39, 0.29) is 32.7 Å². The third kappa shape index (κ3) is 16.7. The van der Waals surface area contributed by atoms with Crippen molar-refractivity contribution < 1.29 is 48.0 Å². The SMILES string of the molecule is CCOC(=O)CNC(=O)C(CC(C)C[C@@H](NC(=O)OC(C)(C)C)C(=O)O)C(COCc1ccccc1)NC(=O)OC(C)(C)C. The molecule has 0 aliphatic heterocycles. The molecule has 0 aromatic heterocycles. The van der Waals surface area contributed by atoms with Gasteiger partial charge >= 0.3 is 24.1 Å². The number of alkyl carbamates (subject to hydrolysis) is 2. The third-order valence-corrected chi connectivity index (χ3v) is 5.93. The molecule has 0 saturated heterocycles. The Morgan fingerprint density at radius 2 is 1.43 bits per heavy atom. The molecule has 3 amide bonds. The van der Waals surface area contributed by atoms with Crippen LogP contribution < -0.4 is 16.0 Å². The summed E-state index contributed by atoms with van der Waals surface area (Å²) in [6, 6.07) is 7.07. The number of carbonyl (C=O) groups excluding carboxylic acids is 4. The molecule has 4 atom stereocenters. The molecule has 0 heterocycles. The molecular formula is C31H49N3O10. The zero-order chi connectivity index (χ0) is 33.5. The lowest BCUT2D eigenvalue weighted by molar-refractivity contribution is -0.144. The first-order valence-corrected chi connectivity index (χ1v) is 14.7. The van der Waals surface area contributed by atoms with Gasteiger partial charge in [-0.1, -0.05) is 37.3 Å². The number of hydrogen-bond acceptors (Lipinski definition) is 9. The highest BCUT2D eigenvalue weighted by Gasteiger charge is 2.35. The maximum Gasteiger partial charge on any atom is 0.408 e. The predicted molar refractivity (Wildman–Crippen MR) is 162 cm³/mol. The predicted octanol–water partition coefficient (Wildman–Crippen LogP) is 3.79. The van der Waals surface area contributed by atoms with Crippen LogP contribution in [0.15, 0.2) is 30.3 Å². The molecule has 3 unspecified atom stereocenters. The van der Waals surface area contributed by atoms with Crippen LogP contribution in [0.5, 0.6) is 0 Å². The lowest BCUT2D eigenvalue weighted by Crippen LogP contribution is -2.51. The van der Waals surface area contributed by atoms with E-state index in [1.807, 2.05) is 30.3 Å². The van der Waals surface area contributed by atoms with Gasteiger partial charge in [-0.2, -0.15) is 0 Å². The average molecular weight is 624 g/mol. The van der Waals surface area contributed by atoms with Crippen molar-refractivity contribution in [3.05, 3.63) is 35.9 Å². The summed E-state index contributed by atoms with van der Waals surface area (Å²) >= 11 is 0. The van der Waals surface area contributed by atoms with E-state index in [1.165, 1.54) is 0 Å². The summed E-state index contributed by atoms with van der Waals surface area (Å²) in [6.45, 7) is 13.2. The Bertz CT molecular complexity index is 1080. The van der Waals surface area contributed by atoms with E-state index < -0.39 is 71.7 Å². The van der Waals surface area contributed by atoms with Crippen molar-refractivity contribution in [2.24, 2.45) is 11.8 Å². The minimum Gasteiger partial charge on any atom is -0.480 e. The molecule has 0 radical (unpaired) electrons. The normalized spacial score (nSPS) is 14.3. The van der Waals surface area contributed by atoms with Gasteiger partial charge in [0.05, 0.1) is 31.8 Å². The molecule has 13 heteroatoms. The second kappa shape index (κ2) is 18.1. The number of carbonyl (C=O) groups is 5. The zero-order valence-electron chi connectivity index (χ0n) is 27.1. The number of esters is 1. The first kappa shape index (κ1) is 38.2. The number of hydrogen-bond donors (Lipinski definition) is 4. The highest BCUT2D eigenvalue weighted by molar-refractivity contribution is 5.84. The van der Waals surface area contributed by atoms with E-state index in [4.69, 9.17) is 18.9 Å². The lowest BCUT2D eigenvalue weighted by Gasteiger charge is -2.31. The molecule has 1 aromatic carbocycles. The standard InChI is InChI=1S/C31H49N3O10/c1-9-42-25(35)17-32-26(36)22(15-20(2)16-23(27(37)38)33-28(39)43-30(3,4)5)24(34-29(40)44-31(6,7)8)19-41-18-21-13-11-10-12-14-21/h10-14,20,22-24H,9,15-19H2,1-8H3,(H,32,36)(H,33,39)(H,34,40)(H,37,38)/t20?,22?,23-,24?/m1/s1. The van der Waals surface area contributed by atoms with Gasteiger partial charge in [0, 0.05) is 0 Å². The maximum atomic E-state index is 13.5. The zero-order valence-corrected chi connectivity index (χ0v) is 27.1. The Morgan fingerprint density at radius 1 is 0.864 bits per heavy atom. The summed E-state index contributed by atoms with van der Waals surface area (Å²) in [5, 5.41) is 17.4. The summed E-state index contributed by atoms with van der Waals surface area (Å²) in [5.41, 5.74) is -0.782. The summed E-state index contributed by atoms with van der Waals surface area (Å²) < 4.78 is 21.4. The minimum absolute atomic E-state index is 0.0553. The molecule has 248 valence electrons. The number of amides is 3. The van der Waals surface area contributed by atoms with E-state index in [9.17, 15) is 29.1 Å². The van der Waals surface area contributed by atoms with E-state index in [0.29, 0.717) is 0 Å². The van der Waals surface area contributed by atoms with Crippen molar-refractivity contribution in [2.45, 2.75) is 98.1 Å². The van der Waals surface area contributed by atoms with Crippen LogP contribution in [0.4, 0.5) is 9.59 Å². The number of carboxylic acid groups (broad SMARTS) is 1. The molecule has 0 aliphatic carbocycles. The molecule has 1 aromatic rings. The fourth-order valence-corrected chi connectivity index (χ4v) is 4.16. The summed E-state index contributed by atoms with van der Waals surface area (Å²) in [5.74, 6) is -3.96. The highest BCUT2D eigenvalue weighted by atomic mass is 16.6. The van der Waals surface area contributed by atoms with Gasteiger partial charge in [-0.25, -0.2) is 14.4 Å². The van der Waals surface area contributed by atoms with Gasteiger partial charge in [0.2, 0.25) is 5.91 Å². The summed E-state index contributed by atoms with van der Waals surface area (Å²) in [6.07, 6.45) is -1.67. The first-order valence-electron chi connectivity index (χ1n) is 14.7. The Kier molecular flexibility index (Phi) is 15.7. The summed E-state index contributed by atoms with van der Waals surface area (Å²) in [4.78, 5) is 62.6. The smallest absolute Gasteiger partial charge is 0.408 e. The molecule has 1 rings (SSSR count). The Morgan fingerprint density at radius 3 is 1.95 bits per heavy atom. The van der Waals surface area contributed by atoms with Crippen LogP contribution in [-0.2, 0) is 39.9 Å². The fourth-order valence-electron chi connectivity index (χ4n) is 4.16. The molecule has 0 aliphatic rings. The summed E-state index contributed by atoms with van der Waals surface area (Å²) in [7, 11) is 0. The van der Waals surface area contributed by atoms with Crippen molar-refractivity contribution in [3.63, 3.8) is 0 Å². The van der Waals surface area contributed by atoms with Crippen LogP contribution in [0, 0.1) is 11.8 Å². The van der Waals surface area contributed by atoms with Gasteiger partial charge in [-0.05, 0) is 72.8 Å². The van der Waals surface area contributed by atoms with E-state index in [1.54, 1.807) is 55.4 Å². The van der Waals surface area contributed by atoms with Crippen LogP contribution >= 0.6 is 0 Å². The Hall–Kier alpha value is -3.87. The van der Waals surface area contributed by atoms with E-state index in [2.05, 4.69) is 16.0 Å². The molecule has 4 N–H and O–H groups in total. The van der Waals surface area contributed by atoms with Crippen molar-refractivity contribution in [3.8, 4) is 0 Å². The number of ether oxygens (including phenoxy) is 4. The molecule has 0 fully saturated rings. The first-order chi connectivity index (χ1) is 20.4. The maximum absolute atomic E-state index is 13.5. The molecule has 0 spiro atoms. The van der Waals surface area contributed by atoms with E-state index >= 15 is 0 Å². The topological polar surface area (TPSA) is 179 Å². The van der Waals surface area contributed by atoms with Crippen LogP contribution in [0.3, 0.4) is 0 Å². The molecule has 13 nitrogen and oxygen atoms in total. The molecular weight excluding hydrogens is 574 g/mol.